The molecule has 4 nitrogen and oxygen atoms in total. The Bertz CT molecular complexity index is 224. The van der Waals surface area contributed by atoms with Crippen molar-refractivity contribution in [1.82, 2.24) is 8.02 Å². The van der Waals surface area contributed by atoms with Gasteiger partial charge < -0.3 is 4.74 Å². The third-order valence-electron chi connectivity index (χ3n) is 2.64. The summed E-state index contributed by atoms with van der Waals surface area (Å²) in [6, 6.07) is 0. The maximum Gasteiger partial charge on any atom is 0.431 e. The van der Waals surface area contributed by atoms with Gasteiger partial charge in [0.15, 0.2) is 0 Å². The summed E-state index contributed by atoms with van der Waals surface area (Å²) >= 11 is 5.49. The standard InChI is InChI=1S/C11H22N2O2S2/c1-2-3-7-10-15-11(14)13(16)17-12-8-5-4-6-9-12/h16H,2-10H2,1H3. The van der Waals surface area contributed by atoms with Gasteiger partial charge in [-0.3, -0.25) is 0 Å². The van der Waals surface area contributed by atoms with Crippen molar-refractivity contribution in [2.45, 2.75) is 45.4 Å². The summed E-state index contributed by atoms with van der Waals surface area (Å²) < 4.78 is 8.56. The molecule has 17 heavy (non-hydrogen) atoms. The second kappa shape index (κ2) is 8.94. The second-order valence-electron chi connectivity index (χ2n) is 4.17. The monoisotopic (exact) mass is 278 g/mol. The van der Waals surface area contributed by atoms with Crippen LogP contribution >= 0.6 is 24.9 Å². The highest BCUT2D eigenvalue weighted by molar-refractivity contribution is 8.04. The number of amides is 1. The molecule has 0 aromatic heterocycles. The lowest BCUT2D eigenvalue weighted by Gasteiger charge is -2.27. The van der Waals surface area contributed by atoms with Crippen LogP contribution in [0.2, 0.25) is 0 Å². The molecule has 0 atom stereocenters. The van der Waals surface area contributed by atoms with Crippen LogP contribution in [-0.4, -0.2) is 33.8 Å². The van der Waals surface area contributed by atoms with Crippen molar-refractivity contribution in [1.29, 1.82) is 0 Å². The third kappa shape index (κ3) is 6.43. The molecule has 1 rings (SSSR count). The summed E-state index contributed by atoms with van der Waals surface area (Å²) in [6.07, 6.45) is 6.47. The molecular formula is C11H22N2O2S2. The number of unbranched alkanes of at least 4 members (excludes halogenated alkanes) is 2. The Morgan fingerprint density at radius 3 is 2.71 bits per heavy atom. The molecule has 1 fully saturated rings. The maximum atomic E-state index is 11.6. The second-order valence-corrected chi connectivity index (χ2v) is 5.88. The van der Waals surface area contributed by atoms with Gasteiger partial charge in [-0.2, -0.15) is 3.71 Å². The molecule has 1 saturated heterocycles. The minimum absolute atomic E-state index is 0.361. The number of carbonyl (C=O) groups excluding carboxylic acids is 1. The van der Waals surface area contributed by atoms with Crippen LogP contribution < -0.4 is 0 Å². The number of rotatable bonds is 6. The zero-order valence-corrected chi connectivity index (χ0v) is 12.1. The van der Waals surface area contributed by atoms with E-state index in [9.17, 15) is 4.79 Å². The zero-order chi connectivity index (χ0) is 12.5. The van der Waals surface area contributed by atoms with E-state index in [4.69, 9.17) is 4.74 Å². The van der Waals surface area contributed by atoms with Crippen LogP contribution in [0.1, 0.15) is 45.4 Å². The van der Waals surface area contributed by atoms with Crippen molar-refractivity contribution in [2.75, 3.05) is 19.7 Å². The smallest absolute Gasteiger partial charge is 0.431 e. The Kier molecular flexibility index (Phi) is 7.88. The lowest BCUT2D eigenvalue weighted by atomic mass is 10.2. The molecule has 0 bridgehead atoms. The van der Waals surface area contributed by atoms with Gasteiger partial charge in [0.1, 0.15) is 0 Å². The fourth-order valence-electron chi connectivity index (χ4n) is 1.66. The van der Waals surface area contributed by atoms with E-state index in [1.165, 1.54) is 35.1 Å². The van der Waals surface area contributed by atoms with Crippen molar-refractivity contribution in [2.24, 2.45) is 0 Å². The van der Waals surface area contributed by atoms with E-state index >= 15 is 0 Å². The van der Waals surface area contributed by atoms with E-state index in [-0.39, 0.29) is 6.09 Å². The Balaban J connectivity index is 2.12. The average Bonchev–Trinajstić information content (AvgIpc) is 2.35. The Morgan fingerprint density at radius 1 is 1.35 bits per heavy atom. The fraction of sp³-hybridized carbons (Fsp3) is 0.909. The minimum atomic E-state index is -0.361. The molecule has 0 spiro atoms. The third-order valence-corrected chi connectivity index (χ3v) is 3.92. The van der Waals surface area contributed by atoms with Crippen LogP contribution in [-0.2, 0) is 4.74 Å². The minimum Gasteiger partial charge on any atom is -0.448 e. The molecule has 0 N–H and O–H groups in total. The molecule has 0 aromatic carbocycles. The van der Waals surface area contributed by atoms with E-state index in [0.717, 1.165) is 32.4 Å². The first kappa shape index (κ1) is 15.0. The molecule has 0 radical (unpaired) electrons. The molecule has 0 aliphatic carbocycles. The summed E-state index contributed by atoms with van der Waals surface area (Å²) in [5, 5.41) is 0. The highest BCUT2D eigenvalue weighted by Gasteiger charge is 2.18. The normalized spacial score (nSPS) is 16.8. The average molecular weight is 278 g/mol. The molecule has 1 aliphatic heterocycles. The van der Waals surface area contributed by atoms with Crippen molar-refractivity contribution in [3.63, 3.8) is 0 Å². The number of carbonyl (C=O) groups is 1. The first-order valence-electron chi connectivity index (χ1n) is 6.33. The number of piperidine rings is 1. The summed E-state index contributed by atoms with van der Waals surface area (Å²) in [5.74, 6) is 0. The summed E-state index contributed by atoms with van der Waals surface area (Å²) in [7, 11) is 0. The van der Waals surface area contributed by atoms with Crippen molar-refractivity contribution < 1.29 is 9.53 Å². The van der Waals surface area contributed by atoms with Gasteiger partial charge in [-0.15, -0.1) is 0 Å². The number of hydrogen-bond acceptors (Lipinski definition) is 5. The zero-order valence-electron chi connectivity index (χ0n) is 10.4. The summed E-state index contributed by atoms with van der Waals surface area (Å²) in [4.78, 5) is 11.6. The predicted octanol–water partition coefficient (Wildman–Crippen LogP) is 3.51. The number of hydrogen-bond donors (Lipinski definition) is 1. The largest absolute Gasteiger partial charge is 0.448 e. The van der Waals surface area contributed by atoms with Gasteiger partial charge in [-0.05, 0) is 32.1 Å². The quantitative estimate of drug-likeness (QED) is 0.458. The molecule has 0 saturated carbocycles. The highest BCUT2D eigenvalue weighted by atomic mass is 32.2. The van der Waals surface area contributed by atoms with E-state index in [2.05, 4.69) is 24.0 Å². The molecule has 1 heterocycles. The van der Waals surface area contributed by atoms with Crippen LogP contribution in [0, 0.1) is 0 Å². The Hall–Kier alpha value is -0.0700. The lowest BCUT2D eigenvalue weighted by molar-refractivity contribution is 0.139. The van der Waals surface area contributed by atoms with Crippen LogP contribution in [0.3, 0.4) is 0 Å². The van der Waals surface area contributed by atoms with Crippen molar-refractivity contribution in [3.8, 4) is 0 Å². The first-order valence-corrected chi connectivity index (χ1v) is 7.46. The highest BCUT2D eigenvalue weighted by Crippen LogP contribution is 2.23. The molecule has 0 aromatic rings. The van der Waals surface area contributed by atoms with E-state index in [1.54, 1.807) is 0 Å². The topological polar surface area (TPSA) is 32.8 Å². The summed E-state index contributed by atoms with van der Waals surface area (Å²) in [5.41, 5.74) is 0. The Morgan fingerprint density at radius 2 is 2.06 bits per heavy atom. The Labute approximate surface area is 114 Å². The first-order chi connectivity index (χ1) is 8.24. The fourth-order valence-corrected chi connectivity index (χ4v) is 2.78. The predicted molar refractivity (Wildman–Crippen MR) is 74.7 cm³/mol. The lowest BCUT2D eigenvalue weighted by Crippen LogP contribution is -2.29. The van der Waals surface area contributed by atoms with Gasteiger partial charge in [0.05, 0.1) is 18.7 Å². The molecule has 100 valence electrons. The maximum absolute atomic E-state index is 11.6. The van der Waals surface area contributed by atoms with Gasteiger partial charge in [0.25, 0.3) is 0 Å². The molecule has 1 amide bonds. The summed E-state index contributed by atoms with van der Waals surface area (Å²) in [6.45, 7) is 4.65. The van der Waals surface area contributed by atoms with Gasteiger partial charge in [-0.25, -0.2) is 9.10 Å². The molecular weight excluding hydrogens is 256 g/mol. The molecule has 0 unspecified atom stereocenters. The molecule has 6 heteroatoms. The van der Waals surface area contributed by atoms with Crippen molar-refractivity contribution >= 4 is 31.0 Å². The number of ether oxygens (including phenoxy) is 1. The van der Waals surface area contributed by atoms with Crippen LogP contribution in [0.5, 0.6) is 0 Å². The van der Waals surface area contributed by atoms with Gasteiger partial charge in [-0.1, -0.05) is 26.2 Å². The van der Waals surface area contributed by atoms with E-state index in [1.807, 2.05) is 0 Å². The van der Waals surface area contributed by atoms with E-state index in [0.29, 0.717) is 6.61 Å². The number of thiol groups is 1. The van der Waals surface area contributed by atoms with Crippen molar-refractivity contribution in [3.05, 3.63) is 0 Å². The van der Waals surface area contributed by atoms with Gasteiger partial charge >= 0.3 is 6.09 Å². The van der Waals surface area contributed by atoms with Crippen LogP contribution in [0.4, 0.5) is 4.79 Å². The van der Waals surface area contributed by atoms with Gasteiger partial charge in [0, 0.05) is 13.1 Å². The van der Waals surface area contributed by atoms with Gasteiger partial charge in [0.2, 0.25) is 0 Å². The van der Waals surface area contributed by atoms with Crippen LogP contribution in [0.25, 0.3) is 0 Å². The molecule has 1 aliphatic rings. The number of nitrogens with zero attached hydrogens (tertiary/aromatic N) is 2. The van der Waals surface area contributed by atoms with Crippen LogP contribution in [0.15, 0.2) is 0 Å². The van der Waals surface area contributed by atoms with E-state index < -0.39 is 0 Å². The SMILES string of the molecule is CCCCCOC(=O)N(S)SN1CCCCC1.